The van der Waals surface area contributed by atoms with Crippen LogP contribution in [0.3, 0.4) is 0 Å². The summed E-state index contributed by atoms with van der Waals surface area (Å²) in [6.07, 6.45) is -4.36. The molecule has 0 spiro atoms. The molecule has 41 heavy (non-hydrogen) atoms. The molecule has 3 N–H and O–H groups in total. The molecule has 4 aromatic rings. The summed E-state index contributed by atoms with van der Waals surface area (Å²) in [7, 11) is 0. The Labute approximate surface area is 234 Å². The highest BCUT2D eigenvalue weighted by atomic mass is 35.5. The van der Waals surface area contributed by atoms with Crippen molar-refractivity contribution < 1.29 is 27.9 Å². The number of hydrogen-bond acceptors (Lipinski definition) is 8. The van der Waals surface area contributed by atoms with Gasteiger partial charge in [-0.05, 0) is 49.2 Å². The number of carbonyl (C=O) groups excluding carboxylic acids is 2. The van der Waals surface area contributed by atoms with E-state index in [4.69, 9.17) is 17.3 Å². The number of aromatic nitrogens is 7. The molecule has 214 valence electrons. The maximum absolute atomic E-state index is 13.1. The zero-order valence-electron chi connectivity index (χ0n) is 21.1. The molecule has 16 heteroatoms. The van der Waals surface area contributed by atoms with Gasteiger partial charge in [-0.1, -0.05) is 11.6 Å². The predicted octanol–water partition coefficient (Wildman–Crippen LogP) is 1.69. The number of rotatable bonds is 10. The summed E-state index contributed by atoms with van der Waals surface area (Å²) in [6.45, 7) is -1.40. The predicted molar refractivity (Wildman–Crippen MR) is 137 cm³/mol. The summed E-state index contributed by atoms with van der Waals surface area (Å²) in [5.41, 5.74) is 4.33. The molecule has 5 rings (SSSR count). The van der Waals surface area contributed by atoms with E-state index in [1.54, 1.807) is 12.1 Å². The van der Waals surface area contributed by atoms with Crippen LogP contribution in [0.25, 0.3) is 17.1 Å². The summed E-state index contributed by atoms with van der Waals surface area (Å²) in [4.78, 5) is 46.1. The lowest BCUT2D eigenvalue weighted by Gasteiger charge is -2.15. The molecular weight excluding hydrogens is 569 g/mol. The van der Waals surface area contributed by atoms with Gasteiger partial charge in [0.05, 0.1) is 24.3 Å². The topological polar surface area (TPSA) is 164 Å². The normalized spacial score (nSPS) is 15.0. The van der Waals surface area contributed by atoms with Gasteiger partial charge in [0.25, 0.3) is 0 Å². The van der Waals surface area contributed by atoms with Crippen LogP contribution in [0.5, 0.6) is 0 Å². The molecule has 0 unspecified atom stereocenters. The van der Waals surface area contributed by atoms with Crippen molar-refractivity contribution in [2.24, 2.45) is 11.1 Å². The van der Waals surface area contributed by atoms with Gasteiger partial charge in [-0.25, -0.2) is 19.1 Å². The third kappa shape index (κ3) is 5.63. The van der Waals surface area contributed by atoms with Gasteiger partial charge in [0.1, 0.15) is 18.3 Å². The molecule has 1 aliphatic rings. The van der Waals surface area contributed by atoms with Gasteiger partial charge >= 0.3 is 11.9 Å². The van der Waals surface area contributed by atoms with Gasteiger partial charge in [0.15, 0.2) is 23.5 Å². The zero-order chi connectivity index (χ0) is 29.5. The molecule has 1 fully saturated rings. The van der Waals surface area contributed by atoms with E-state index < -0.39 is 35.8 Å². The van der Waals surface area contributed by atoms with Gasteiger partial charge in [-0.15, -0.1) is 10.2 Å². The van der Waals surface area contributed by atoms with Crippen molar-refractivity contribution in [3.05, 3.63) is 75.9 Å². The number of alkyl halides is 3. The molecule has 1 aliphatic carbocycles. The Bertz CT molecular complexity index is 1670. The number of hydrogen-bond donors (Lipinski definition) is 2. The highest BCUT2D eigenvalue weighted by Gasteiger charge is 2.54. The van der Waals surface area contributed by atoms with Crippen molar-refractivity contribution in [2.45, 2.75) is 44.6 Å². The number of carbonyl (C=O) groups is 2. The van der Waals surface area contributed by atoms with Crippen molar-refractivity contribution in [3.8, 4) is 17.1 Å². The molecule has 1 saturated carbocycles. The third-order valence-corrected chi connectivity index (χ3v) is 7.04. The highest BCUT2D eigenvalue weighted by Crippen LogP contribution is 2.47. The van der Waals surface area contributed by atoms with Gasteiger partial charge in [0, 0.05) is 16.8 Å². The van der Waals surface area contributed by atoms with Crippen LogP contribution in [0.15, 0.2) is 53.7 Å². The van der Waals surface area contributed by atoms with Crippen LogP contribution in [-0.2, 0) is 29.1 Å². The Balaban J connectivity index is 1.44. The minimum Gasteiger partial charge on any atom is -0.382 e. The second-order valence-corrected chi connectivity index (χ2v) is 10.00. The van der Waals surface area contributed by atoms with Gasteiger partial charge in [-0.2, -0.15) is 13.2 Å². The van der Waals surface area contributed by atoms with Crippen molar-refractivity contribution in [1.29, 1.82) is 0 Å². The summed E-state index contributed by atoms with van der Waals surface area (Å²) in [6, 6.07) is 9.18. The molecular formula is C25H22ClF3N8O4. The molecule has 0 radical (unpaired) electrons. The van der Waals surface area contributed by atoms with E-state index >= 15 is 0 Å². The van der Waals surface area contributed by atoms with E-state index in [-0.39, 0.29) is 30.4 Å². The SMILES string of the molecule is NC(=O)C1(C(=O)Cc2ncccc2-n2cnc(Cn3nc(-c4ccc(Cl)cc4)n(C[C@H](O)C(F)(F)F)c3=O)n2)CC1. The Morgan fingerprint density at radius 1 is 1.12 bits per heavy atom. The molecule has 0 aliphatic heterocycles. The number of nitrogens with zero attached hydrogens (tertiary/aromatic N) is 7. The van der Waals surface area contributed by atoms with Gasteiger partial charge in [0.2, 0.25) is 5.91 Å². The number of aliphatic hydroxyl groups excluding tert-OH is 1. The molecule has 3 aromatic heterocycles. The van der Waals surface area contributed by atoms with E-state index in [0.717, 1.165) is 9.25 Å². The molecule has 1 amide bonds. The Morgan fingerprint density at radius 2 is 1.83 bits per heavy atom. The largest absolute Gasteiger partial charge is 0.416 e. The number of ketones is 1. The van der Waals surface area contributed by atoms with Crippen LogP contribution in [0.4, 0.5) is 13.2 Å². The third-order valence-electron chi connectivity index (χ3n) is 6.79. The molecule has 0 saturated heterocycles. The highest BCUT2D eigenvalue weighted by molar-refractivity contribution is 6.30. The first kappa shape index (κ1) is 28.2. The molecule has 1 aromatic carbocycles. The maximum Gasteiger partial charge on any atom is 0.416 e. The van der Waals surface area contributed by atoms with E-state index in [0.29, 0.717) is 34.8 Å². The van der Waals surface area contributed by atoms with Crippen molar-refractivity contribution in [1.82, 2.24) is 34.1 Å². The van der Waals surface area contributed by atoms with Crippen LogP contribution in [0.1, 0.15) is 24.4 Å². The van der Waals surface area contributed by atoms with Gasteiger partial charge < -0.3 is 10.8 Å². The summed E-state index contributed by atoms with van der Waals surface area (Å²) in [5, 5.41) is 18.5. The van der Waals surface area contributed by atoms with E-state index in [1.165, 1.54) is 41.5 Å². The first-order valence-corrected chi connectivity index (χ1v) is 12.6. The summed E-state index contributed by atoms with van der Waals surface area (Å²) >= 11 is 5.91. The number of primary amides is 1. The smallest absolute Gasteiger partial charge is 0.382 e. The monoisotopic (exact) mass is 590 g/mol. The first-order chi connectivity index (χ1) is 19.4. The lowest BCUT2D eigenvalue weighted by atomic mass is 9.96. The quantitative estimate of drug-likeness (QED) is 0.263. The molecule has 1 atom stereocenters. The van der Waals surface area contributed by atoms with E-state index in [9.17, 15) is 32.7 Å². The summed E-state index contributed by atoms with van der Waals surface area (Å²) in [5.74, 6) is -1.06. The van der Waals surface area contributed by atoms with Gasteiger partial charge in [-0.3, -0.25) is 19.1 Å². The molecule has 3 heterocycles. The minimum absolute atomic E-state index is 0.0766. The fourth-order valence-electron chi connectivity index (χ4n) is 4.30. The standard InChI is InChI=1S/C25H22ClF3N8O4/c26-15-5-3-14(4-6-15)21-34-36(23(41)35(21)11-19(39)25(27,28)29)12-20-32-13-37(33-20)17-2-1-9-31-16(17)10-18(38)24(7-8-24)22(30)40/h1-6,9,13,19,39H,7-8,10-12H2,(H2,30,40)/t19-/m0/s1. The fourth-order valence-corrected chi connectivity index (χ4v) is 4.43. The average Bonchev–Trinajstić information content (AvgIpc) is 3.54. The van der Waals surface area contributed by atoms with Crippen LogP contribution >= 0.6 is 11.6 Å². The molecule has 0 bridgehead atoms. The van der Waals surface area contributed by atoms with Crippen LogP contribution < -0.4 is 11.4 Å². The second kappa shape index (κ2) is 10.6. The number of Topliss-reactive ketones (excluding diaryl/α,β-unsaturated/α-hetero) is 1. The Kier molecular flexibility index (Phi) is 7.25. The maximum atomic E-state index is 13.1. The summed E-state index contributed by atoms with van der Waals surface area (Å²) < 4.78 is 42.2. The second-order valence-electron chi connectivity index (χ2n) is 9.56. The van der Waals surface area contributed by atoms with E-state index in [2.05, 4.69) is 20.2 Å². The number of halogens is 4. The molecule has 12 nitrogen and oxygen atoms in total. The van der Waals surface area contributed by atoms with Crippen LogP contribution in [0.2, 0.25) is 5.02 Å². The minimum atomic E-state index is -4.96. The number of aliphatic hydroxyl groups is 1. The van der Waals surface area contributed by atoms with Crippen molar-refractivity contribution >= 4 is 23.3 Å². The lowest BCUT2D eigenvalue weighted by Crippen LogP contribution is -2.37. The average molecular weight is 591 g/mol. The van der Waals surface area contributed by atoms with Crippen LogP contribution in [-0.4, -0.2) is 63.2 Å². The number of pyridine rings is 1. The number of nitrogens with two attached hydrogens (primary N) is 1. The van der Waals surface area contributed by atoms with Crippen LogP contribution in [0, 0.1) is 5.41 Å². The number of amides is 1. The lowest BCUT2D eigenvalue weighted by molar-refractivity contribution is -0.207. The first-order valence-electron chi connectivity index (χ1n) is 12.3. The van der Waals surface area contributed by atoms with Crippen molar-refractivity contribution in [3.63, 3.8) is 0 Å². The van der Waals surface area contributed by atoms with E-state index in [1.807, 2.05) is 0 Å². The van der Waals surface area contributed by atoms with Crippen molar-refractivity contribution in [2.75, 3.05) is 0 Å². The Hall–Kier alpha value is -4.37. The Morgan fingerprint density at radius 3 is 2.46 bits per heavy atom. The fraction of sp³-hybridized carbons (Fsp3) is 0.320. The number of benzene rings is 1. The zero-order valence-corrected chi connectivity index (χ0v) is 21.9.